The van der Waals surface area contributed by atoms with E-state index in [9.17, 15) is 0 Å². The Kier molecular flexibility index (Phi) is 2.80. The van der Waals surface area contributed by atoms with Gasteiger partial charge in [-0.3, -0.25) is 0 Å². The number of benzene rings is 1. The van der Waals surface area contributed by atoms with Crippen molar-refractivity contribution in [1.82, 2.24) is 0 Å². The second-order valence-electron chi connectivity index (χ2n) is 4.37. The molecule has 0 saturated heterocycles. The van der Waals surface area contributed by atoms with E-state index in [4.69, 9.17) is 15.2 Å². The molecule has 0 unspecified atom stereocenters. The van der Waals surface area contributed by atoms with Crippen LogP contribution in [0, 0.1) is 0 Å². The molecule has 0 atom stereocenters. The molecule has 3 heteroatoms. The van der Waals surface area contributed by atoms with Gasteiger partial charge in [-0.1, -0.05) is 6.92 Å². The van der Waals surface area contributed by atoms with Crippen molar-refractivity contribution in [1.29, 1.82) is 0 Å². The van der Waals surface area contributed by atoms with Crippen LogP contribution in [-0.2, 0) is 12.0 Å². The summed E-state index contributed by atoms with van der Waals surface area (Å²) >= 11 is 0. The fraction of sp³-hybridized carbons (Fsp3) is 0.538. The highest BCUT2D eigenvalue weighted by Crippen LogP contribution is 2.48. The number of ether oxygens (including phenoxy) is 2. The van der Waals surface area contributed by atoms with E-state index in [1.807, 2.05) is 6.07 Å². The quantitative estimate of drug-likeness (QED) is 0.847. The summed E-state index contributed by atoms with van der Waals surface area (Å²) < 4.78 is 10.7. The van der Waals surface area contributed by atoms with Gasteiger partial charge in [0.2, 0.25) is 0 Å². The molecule has 88 valence electrons. The molecule has 1 aromatic carbocycles. The van der Waals surface area contributed by atoms with Gasteiger partial charge in [-0.05, 0) is 30.9 Å². The largest absolute Gasteiger partial charge is 0.496 e. The number of rotatable bonds is 4. The summed E-state index contributed by atoms with van der Waals surface area (Å²) in [5.74, 6) is 1.72. The van der Waals surface area contributed by atoms with E-state index in [1.165, 1.54) is 5.56 Å². The maximum absolute atomic E-state index is 6.24. The predicted octanol–water partition coefficient (Wildman–Crippen LogP) is 2.21. The Hall–Kier alpha value is -1.22. The van der Waals surface area contributed by atoms with Gasteiger partial charge in [0.15, 0.2) is 0 Å². The van der Waals surface area contributed by atoms with Gasteiger partial charge in [0.1, 0.15) is 11.5 Å². The molecule has 0 bridgehead atoms. The molecule has 1 aliphatic carbocycles. The van der Waals surface area contributed by atoms with Gasteiger partial charge in [-0.25, -0.2) is 0 Å². The molecule has 0 spiro atoms. The lowest BCUT2D eigenvalue weighted by molar-refractivity contribution is 0.385. The minimum atomic E-state index is -0.165. The predicted molar refractivity (Wildman–Crippen MR) is 64.0 cm³/mol. The minimum Gasteiger partial charge on any atom is -0.496 e. The van der Waals surface area contributed by atoms with Crippen LogP contribution in [0.1, 0.15) is 30.9 Å². The molecule has 2 rings (SSSR count). The number of hydrogen-bond donors (Lipinski definition) is 1. The van der Waals surface area contributed by atoms with E-state index in [0.717, 1.165) is 36.3 Å². The molecule has 16 heavy (non-hydrogen) atoms. The average Bonchev–Trinajstić information content (AvgIpc) is 3.06. The van der Waals surface area contributed by atoms with E-state index in [0.29, 0.717) is 0 Å². The highest BCUT2D eigenvalue weighted by molar-refractivity contribution is 5.51. The van der Waals surface area contributed by atoms with Crippen LogP contribution < -0.4 is 15.2 Å². The van der Waals surface area contributed by atoms with E-state index >= 15 is 0 Å². The molecule has 1 fully saturated rings. The highest BCUT2D eigenvalue weighted by Gasteiger charge is 2.42. The van der Waals surface area contributed by atoms with E-state index in [-0.39, 0.29) is 5.54 Å². The van der Waals surface area contributed by atoms with Crippen molar-refractivity contribution < 1.29 is 9.47 Å². The van der Waals surface area contributed by atoms with Gasteiger partial charge in [-0.15, -0.1) is 0 Å². The normalized spacial score (nSPS) is 17.0. The summed E-state index contributed by atoms with van der Waals surface area (Å²) in [5, 5.41) is 0. The third-order valence-corrected chi connectivity index (χ3v) is 3.31. The van der Waals surface area contributed by atoms with Gasteiger partial charge in [0.05, 0.1) is 14.2 Å². The lowest BCUT2D eigenvalue weighted by Crippen LogP contribution is -2.20. The Morgan fingerprint density at radius 1 is 1.19 bits per heavy atom. The summed E-state index contributed by atoms with van der Waals surface area (Å²) in [6, 6.07) is 4.08. The molecule has 0 radical (unpaired) electrons. The molecular formula is C13H19NO2. The lowest BCUT2D eigenvalue weighted by atomic mass is 9.99. The molecule has 0 amide bonds. The molecule has 1 aromatic rings. The highest BCUT2D eigenvalue weighted by atomic mass is 16.5. The first-order valence-electron chi connectivity index (χ1n) is 5.69. The molecule has 0 aliphatic heterocycles. The molecule has 1 saturated carbocycles. The Bertz CT molecular complexity index is 397. The molecule has 0 aromatic heterocycles. The Balaban J connectivity index is 2.51. The molecular weight excluding hydrogens is 202 g/mol. The summed E-state index contributed by atoms with van der Waals surface area (Å²) in [7, 11) is 3.36. The fourth-order valence-corrected chi connectivity index (χ4v) is 2.03. The number of nitrogens with two attached hydrogens (primary N) is 1. The van der Waals surface area contributed by atoms with Crippen LogP contribution in [0.25, 0.3) is 0 Å². The Morgan fingerprint density at radius 3 is 2.25 bits per heavy atom. The van der Waals surface area contributed by atoms with E-state index in [2.05, 4.69) is 13.0 Å². The monoisotopic (exact) mass is 221 g/mol. The van der Waals surface area contributed by atoms with Crippen LogP contribution in [0.15, 0.2) is 12.1 Å². The third kappa shape index (κ3) is 1.76. The van der Waals surface area contributed by atoms with Crippen molar-refractivity contribution in [3.05, 3.63) is 23.3 Å². The summed E-state index contributed by atoms with van der Waals surface area (Å²) in [6.45, 7) is 2.12. The zero-order chi connectivity index (χ0) is 11.8. The topological polar surface area (TPSA) is 44.5 Å². The standard InChI is InChI=1S/C13H19NO2/c1-4-9-7-10(13(14)5-6-13)12(16-3)8-11(9)15-2/h7-8H,4-6,14H2,1-3H3. The Labute approximate surface area is 96.5 Å². The average molecular weight is 221 g/mol. The van der Waals surface area contributed by atoms with Crippen molar-refractivity contribution >= 4 is 0 Å². The summed E-state index contributed by atoms with van der Waals surface area (Å²) in [5.41, 5.74) is 8.38. The van der Waals surface area contributed by atoms with Gasteiger partial charge in [-0.2, -0.15) is 0 Å². The van der Waals surface area contributed by atoms with E-state index < -0.39 is 0 Å². The zero-order valence-corrected chi connectivity index (χ0v) is 10.2. The maximum atomic E-state index is 6.24. The van der Waals surface area contributed by atoms with Crippen LogP contribution in [0.4, 0.5) is 0 Å². The first-order chi connectivity index (χ1) is 7.64. The number of hydrogen-bond acceptors (Lipinski definition) is 3. The van der Waals surface area contributed by atoms with Crippen molar-refractivity contribution in [3.8, 4) is 11.5 Å². The SMILES string of the molecule is CCc1cc(C2(N)CC2)c(OC)cc1OC. The third-order valence-electron chi connectivity index (χ3n) is 3.31. The Morgan fingerprint density at radius 2 is 1.81 bits per heavy atom. The molecule has 1 aliphatic rings. The van der Waals surface area contributed by atoms with Gasteiger partial charge >= 0.3 is 0 Å². The smallest absolute Gasteiger partial charge is 0.127 e. The number of methoxy groups -OCH3 is 2. The summed E-state index contributed by atoms with van der Waals surface area (Å²) in [4.78, 5) is 0. The second kappa shape index (κ2) is 3.98. The van der Waals surface area contributed by atoms with Crippen molar-refractivity contribution in [2.45, 2.75) is 31.7 Å². The van der Waals surface area contributed by atoms with Gasteiger partial charge in [0, 0.05) is 17.2 Å². The maximum Gasteiger partial charge on any atom is 0.127 e. The number of aryl methyl sites for hydroxylation is 1. The second-order valence-corrected chi connectivity index (χ2v) is 4.37. The van der Waals surface area contributed by atoms with Gasteiger partial charge < -0.3 is 15.2 Å². The fourth-order valence-electron chi connectivity index (χ4n) is 2.03. The van der Waals surface area contributed by atoms with Crippen LogP contribution in [0.3, 0.4) is 0 Å². The van der Waals surface area contributed by atoms with Crippen molar-refractivity contribution in [2.24, 2.45) is 5.73 Å². The first-order valence-corrected chi connectivity index (χ1v) is 5.69. The molecule has 0 heterocycles. The van der Waals surface area contributed by atoms with Crippen LogP contribution in [0.5, 0.6) is 11.5 Å². The first kappa shape index (κ1) is 11.3. The van der Waals surface area contributed by atoms with Gasteiger partial charge in [0.25, 0.3) is 0 Å². The van der Waals surface area contributed by atoms with E-state index in [1.54, 1.807) is 14.2 Å². The summed E-state index contributed by atoms with van der Waals surface area (Å²) in [6.07, 6.45) is 3.02. The van der Waals surface area contributed by atoms with Crippen LogP contribution in [-0.4, -0.2) is 14.2 Å². The van der Waals surface area contributed by atoms with Crippen molar-refractivity contribution in [3.63, 3.8) is 0 Å². The minimum absolute atomic E-state index is 0.165. The molecule has 2 N–H and O–H groups in total. The zero-order valence-electron chi connectivity index (χ0n) is 10.2. The van der Waals surface area contributed by atoms with Crippen LogP contribution >= 0.6 is 0 Å². The molecule has 3 nitrogen and oxygen atoms in total. The lowest BCUT2D eigenvalue weighted by Gasteiger charge is -2.18. The van der Waals surface area contributed by atoms with Crippen LogP contribution in [0.2, 0.25) is 0 Å². The van der Waals surface area contributed by atoms with Crippen molar-refractivity contribution in [2.75, 3.05) is 14.2 Å².